The van der Waals surface area contributed by atoms with E-state index in [-0.39, 0.29) is 40.6 Å². The van der Waals surface area contributed by atoms with Gasteiger partial charge in [-0.05, 0) is 43.4 Å². The number of rotatable bonds is 7. The lowest BCUT2D eigenvalue weighted by Gasteiger charge is -2.31. The molecule has 11 heteroatoms. The zero-order valence-electron chi connectivity index (χ0n) is 20.3. The average molecular weight is 522 g/mol. The number of amides is 3. The van der Waals surface area contributed by atoms with Crippen molar-refractivity contribution in [3.8, 4) is 11.5 Å². The van der Waals surface area contributed by atoms with E-state index in [0.717, 1.165) is 29.7 Å². The van der Waals surface area contributed by atoms with Crippen molar-refractivity contribution in [1.82, 2.24) is 20.4 Å². The van der Waals surface area contributed by atoms with Crippen molar-refractivity contribution >= 4 is 34.7 Å². The largest absolute Gasteiger partial charge is 0.454 e. The van der Waals surface area contributed by atoms with Gasteiger partial charge in [-0.15, -0.1) is 10.2 Å². The molecule has 5 rings (SSSR count). The second kappa shape index (κ2) is 11.0. The van der Waals surface area contributed by atoms with Crippen LogP contribution in [-0.4, -0.2) is 52.7 Å². The van der Waals surface area contributed by atoms with Crippen molar-refractivity contribution in [2.24, 2.45) is 5.92 Å². The summed E-state index contributed by atoms with van der Waals surface area (Å²) in [6.07, 6.45) is 1.90. The van der Waals surface area contributed by atoms with Crippen LogP contribution in [0.1, 0.15) is 57.4 Å². The zero-order chi connectivity index (χ0) is 25.8. The number of carbonyl (C=O) groups excluding carboxylic acids is 3. The highest BCUT2D eigenvalue weighted by molar-refractivity contribution is 7.15. The Hall–Kier alpha value is -3.99. The minimum atomic E-state index is -0.454. The van der Waals surface area contributed by atoms with Crippen LogP contribution in [0.3, 0.4) is 0 Å². The number of hydrogen-bond acceptors (Lipinski definition) is 8. The van der Waals surface area contributed by atoms with E-state index in [4.69, 9.17) is 9.47 Å². The van der Waals surface area contributed by atoms with Crippen molar-refractivity contribution < 1.29 is 23.9 Å². The van der Waals surface area contributed by atoms with Crippen LogP contribution in [0, 0.1) is 5.92 Å². The topological polar surface area (TPSA) is 123 Å². The molecule has 3 heterocycles. The summed E-state index contributed by atoms with van der Waals surface area (Å²) in [5, 5.41) is 13.9. The van der Waals surface area contributed by atoms with Crippen LogP contribution in [0.15, 0.2) is 48.5 Å². The summed E-state index contributed by atoms with van der Waals surface area (Å²) in [6.45, 7) is 3.18. The van der Waals surface area contributed by atoms with Gasteiger partial charge in [0.25, 0.3) is 11.8 Å². The summed E-state index contributed by atoms with van der Waals surface area (Å²) < 4.78 is 10.6. The molecule has 3 aromatic rings. The second-order valence-electron chi connectivity index (χ2n) is 9.07. The Morgan fingerprint density at radius 3 is 2.54 bits per heavy atom. The van der Waals surface area contributed by atoms with E-state index in [1.807, 2.05) is 37.3 Å². The molecule has 2 N–H and O–H groups in total. The first kappa shape index (κ1) is 24.7. The SMILES string of the molecule is CC(NC(=O)CC1CCN(C(=O)c2nnc(C(=O)Nc3ccc4c(c3)OCO4)s2)CC1)c1ccccc1. The van der Waals surface area contributed by atoms with Crippen molar-refractivity contribution in [2.75, 3.05) is 25.2 Å². The molecule has 2 aliphatic rings. The highest BCUT2D eigenvalue weighted by Gasteiger charge is 2.28. The Balaban J connectivity index is 1.09. The summed E-state index contributed by atoms with van der Waals surface area (Å²) in [7, 11) is 0. The number of ether oxygens (including phenoxy) is 2. The quantitative estimate of drug-likeness (QED) is 0.487. The number of hydrogen-bond donors (Lipinski definition) is 2. The number of nitrogens with zero attached hydrogens (tertiary/aromatic N) is 3. The number of anilines is 1. The molecule has 0 saturated carbocycles. The molecule has 1 saturated heterocycles. The molecule has 3 amide bonds. The van der Waals surface area contributed by atoms with Crippen molar-refractivity contribution in [3.63, 3.8) is 0 Å². The summed E-state index contributed by atoms with van der Waals surface area (Å²) in [6, 6.07) is 14.9. The second-order valence-corrected chi connectivity index (χ2v) is 10.1. The van der Waals surface area contributed by atoms with Gasteiger partial charge in [0.1, 0.15) is 0 Å². The average Bonchev–Trinajstić information content (AvgIpc) is 3.59. The van der Waals surface area contributed by atoms with E-state index in [1.54, 1.807) is 23.1 Å². The van der Waals surface area contributed by atoms with E-state index in [0.29, 0.717) is 36.7 Å². The fraction of sp³-hybridized carbons (Fsp3) is 0.346. The van der Waals surface area contributed by atoms with Crippen molar-refractivity contribution in [1.29, 1.82) is 0 Å². The van der Waals surface area contributed by atoms with Crippen molar-refractivity contribution in [3.05, 3.63) is 64.1 Å². The predicted octanol–water partition coefficient (Wildman–Crippen LogP) is 3.64. The monoisotopic (exact) mass is 521 g/mol. The third-order valence-corrected chi connectivity index (χ3v) is 7.40. The summed E-state index contributed by atoms with van der Waals surface area (Å²) in [5.74, 6) is 0.698. The minimum Gasteiger partial charge on any atom is -0.454 e. The Labute approximate surface area is 218 Å². The van der Waals surface area contributed by atoms with Crippen LogP contribution in [0.2, 0.25) is 0 Å². The highest BCUT2D eigenvalue weighted by Crippen LogP contribution is 2.34. The highest BCUT2D eigenvalue weighted by atomic mass is 32.1. The molecule has 2 aromatic carbocycles. The number of carbonyl (C=O) groups is 3. The Bertz CT molecular complexity index is 1290. The number of aromatic nitrogens is 2. The van der Waals surface area contributed by atoms with E-state index in [1.165, 1.54) is 0 Å². The number of piperidine rings is 1. The molecule has 1 unspecified atom stereocenters. The third kappa shape index (κ3) is 5.88. The van der Waals surface area contributed by atoms with Crippen LogP contribution in [0.25, 0.3) is 0 Å². The molecule has 1 aromatic heterocycles. The third-order valence-electron chi connectivity index (χ3n) is 6.49. The normalized spacial score (nSPS) is 15.8. The molecule has 0 aliphatic carbocycles. The van der Waals surface area contributed by atoms with Crippen LogP contribution in [-0.2, 0) is 4.79 Å². The van der Waals surface area contributed by atoms with Gasteiger partial charge >= 0.3 is 0 Å². The van der Waals surface area contributed by atoms with Gasteiger partial charge in [0, 0.05) is 31.3 Å². The molecule has 0 bridgehead atoms. The molecule has 192 valence electrons. The lowest BCUT2D eigenvalue weighted by molar-refractivity contribution is -0.122. The molecule has 10 nitrogen and oxygen atoms in total. The van der Waals surface area contributed by atoms with E-state index < -0.39 is 5.91 Å². The van der Waals surface area contributed by atoms with Gasteiger partial charge in [0.15, 0.2) is 11.5 Å². The van der Waals surface area contributed by atoms with Crippen LogP contribution in [0.4, 0.5) is 5.69 Å². The lowest BCUT2D eigenvalue weighted by atomic mass is 9.93. The Kier molecular flexibility index (Phi) is 7.31. The maximum absolute atomic E-state index is 12.9. The number of likely N-dealkylation sites (tertiary alicyclic amines) is 1. The Morgan fingerprint density at radius 2 is 1.76 bits per heavy atom. The summed E-state index contributed by atoms with van der Waals surface area (Å²) in [5.41, 5.74) is 1.60. The number of benzene rings is 2. The maximum atomic E-state index is 12.9. The zero-order valence-corrected chi connectivity index (χ0v) is 21.1. The van der Waals surface area contributed by atoms with Crippen LogP contribution in [0.5, 0.6) is 11.5 Å². The van der Waals surface area contributed by atoms with E-state index >= 15 is 0 Å². The molecular weight excluding hydrogens is 494 g/mol. The minimum absolute atomic E-state index is 0.0170. The molecular formula is C26H27N5O5S. The fourth-order valence-electron chi connectivity index (χ4n) is 4.42. The van der Waals surface area contributed by atoms with Gasteiger partial charge < -0.3 is 25.0 Å². The van der Waals surface area contributed by atoms with Crippen LogP contribution < -0.4 is 20.1 Å². The summed E-state index contributed by atoms with van der Waals surface area (Å²) in [4.78, 5) is 39.8. The van der Waals surface area contributed by atoms with Gasteiger partial charge in [0.05, 0.1) is 6.04 Å². The van der Waals surface area contributed by atoms with E-state index in [9.17, 15) is 14.4 Å². The molecule has 1 atom stereocenters. The first-order valence-electron chi connectivity index (χ1n) is 12.1. The first-order chi connectivity index (χ1) is 18.0. The first-order valence-corrected chi connectivity index (χ1v) is 13.0. The van der Waals surface area contributed by atoms with Gasteiger partial charge in [-0.2, -0.15) is 0 Å². The van der Waals surface area contributed by atoms with Gasteiger partial charge in [-0.1, -0.05) is 41.7 Å². The number of nitrogens with one attached hydrogen (secondary N) is 2. The van der Waals surface area contributed by atoms with Crippen molar-refractivity contribution in [2.45, 2.75) is 32.2 Å². The standard InChI is InChI=1S/C26H27N5O5S/c1-16(18-5-3-2-4-6-18)27-22(32)13-17-9-11-31(12-10-17)26(34)25-30-29-24(37-25)23(33)28-19-7-8-20-21(14-19)36-15-35-20/h2-8,14,16-17H,9-13,15H2,1H3,(H,27,32)(H,28,33). The van der Waals surface area contributed by atoms with Gasteiger partial charge in [0.2, 0.25) is 22.7 Å². The van der Waals surface area contributed by atoms with E-state index in [2.05, 4.69) is 20.8 Å². The lowest BCUT2D eigenvalue weighted by Crippen LogP contribution is -2.39. The maximum Gasteiger partial charge on any atom is 0.286 e. The smallest absolute Gasteiger partial charge is 0.286 e. The number of fused-ring (bicyclic) bond motifs is 1. The summed E-state index contributed by atoms with van der Waals surface area (Å²) >= 11 is 0.958. The Morgan fingerprint density at radius 1 is 1.03 bits per heavy atom. The molecule has 2 aliphatic heterocycles. The molecule has 1 fully saturated rings. The van der Waals surface area contributed by atoms with Crippen LogP contribution >= 0.6 is 11.3 Å². The van der Waals surface area contributed by atoms with Gasteiger partial charge in [-0.3, -0.25) is 14.4 Å². The van der Waals surface area contributed by atoms with Gasteiger partial charge in [-0.25, -0.2) is 0 Å². The fourth-order valence-corrected chi connectivity index (χ4v) is 5.13. The predicted molar refractivity (Wildman–Crippen MR) is 137 cm³/mol. The molecule has 0 radical (unpaired) electrons. The molecule has 0 spiro atoms. The molecule has 37 heavy (non-hydrogen) atoms.